The Hall–Kier alpha value is -1.26. The number of nitrogens with one attached hydrogen (secondary N) is 1. The lowest BCUT2D eigenvalue weighted by molar-refractivity contribution is 0.0797. The summed E-state index contributed by atoms with van der Waals surface area (Å²) in [5.41, 5.74) is 0.420. The van der Waals surface area contributed by atoms with Gasteiger partial charge in [0.2, 0.25) is 0 Å². The third-order valence-electron chi connectivity index (χ3n) is 2.49. The summed E-state index contributed by atoms with van der Waals surface area (Å²) in [6.45, 7) is 4.95. The first-order valence-corrected chi connectivity index (χ1v) is 5.74. The molecule has 0 aliphatic carbocycles. The highest BCUT2D eigenvalue weighted by Crippen LogP contribution is 2.20. The number of benzene rings is 1. The standard InChI is InChI=1S/C13H21NO3/c1-4-17-10-13(2,9-15)14-11-6-5-7-12(8-11)16-3/h5-8,14-15H,4,9-10H2,1-3H3. The van der Waals surface area contributed by atoms with E-state index in [0.717, 1.165) is 11.4 Å². The molecule has 1 aromatic carbocycles. The largest absolute Gasteiger partial charge is 0.497 e. The molecule has 0 heterocycles. The van der Waals surface area contributed by atoms with Gasteiger partial charge in [-0.25, -0.2) is 0 Å². The maximum absolute atomic E-state index is 9.43. The molecule has 0 fully saturated rings. The van der Waals surface area contributed by atoms with Gasteiger partial charge in [0.25, 0.3) is 0 Å². The third kappa shape index (κ3) is 4.24. The highest BCUT2D eigenvalue weighted by Gasteiger charge is 2.23. The van der Waals surface area contributed by atoms with E-state index in [1.807, 2.05) is 38.1 Å². The molecule has 0 aliphatic rings. The summed E-state index contributed by atoms with van der Waals surface area (Å²) in [5.74, 6) is 0.784. The average Bonchev–Trinajstić information content (AvgIpc) is 2.36. The first-order valence-electron chi connectivity index (χ1n) is 5.74. The van der Waals surface area contributed by atoms with Crippen LogP contribution in [0.25, 0.3) is 0 Å². The second-order valence-corrected chi connectivity index (χ2v) is 4.21. The molecule has 1 rings (SSSR count). The SMILES string of the molecule is CCOCC(C)(CO)Nc1cccc(OC)c1. The smallest absolute Gasteiger partial charge is 0.120 e. The van der Waals surface area contributed by atoms with Crippen LogP contribution in [0.4, 0.5) is 5.69 Å². The molecule has 4 heteroatoms. The second-order valence-electron chi connectivity index (χ2n) is 4.21. The molecule has 0 saturated heterocycles. The molecule has 0 bridgehead atoms. The molecule has 17 heavy (non-hydrogen) atoms. The van der Waals surface area contributed by atoms with Crippen LogP contribution < -0.4 is 10.1 Å². The molecule has 1 aromatic rings. The molecule has 0 aromatic heterocycles. The van der Waals surface area contributed by atoms with Crippen molar-refractivity contribution in [3.63, 3.8) is 0 Å². The van der Waals surface area contributed by atoms with Gasteiger partial charge in [0.15, 0.2) is 0 Å². The second kappa shape index (κ2) is 6.47. The minimum Gasteiger partial charge on any atom is -0.497 e. The van der Waals surface area contributed by atoms with E-state index in [1.54, 1.807) is 7.11 Å². The van der Waals surface area contributed by atoms with Gasteiger partial charge in [-0.2, -0.15) is 0 Å². The number of hydrogen-bond acceptors (Lipinski definition) is 4. The van der Waals surface area contributed by atoms with Crippen LogP contribution in [0, 0.1) is 0 Å². The number of aliphatic hydroxyl groups is 1. The fourth-order valence-corrected chi connectivity index (χ4v) is 1.50. The van der Waals surface area contributed by atoms with Crippen molar-refractivity contribution >= 4 is 5.69 Å². The first kappa shape index (κ1) is 13.8. The zero-order valence-corrected chi connectivity index (χ0v) is 10.7. The summed E-state index contributed by atoms with van der Waals surface area (Å²) < 4.78 is 10.5. The monoisotopic (exact) mass is 239 g/mol. The molecule has 0 amide bonds. The maximum Gasteiger partial charge on any atom is 0.120 e. The zero-order chi connectivity index (χ0) is 12.7. The van der Waals surface area contributed by atoms with Crippen LogP contribution in [-0.4, -0.2) is 37.6 Å². The van der Waals surface area contributed by atoms with E-state index in [-0.39, 0.29) is 6.61 Å². The number of rotatable bonds is 7. The van der Waals surface area contributed by atoms with E-state index >= 15 is 0 Å². The molecule has 0 spiro atoms. The molecule has 4 nitrogen and oxygen atoms in total. The van der Waals surface area contributed by atoms with Gasteiger partial charge >= 0.3 is 0 Å². The molecule has 0 aliphatic heterocycles. The molecular weight excluding hydrogens is 218 g/mol. The van der Waals surface area contributed by atoms with Crippen molar-refractivity contribution in [1.29, 1.82) is 0 Å². The van der Waals surface area contributed by atoms with Gasteiger partial charge in [0, 0.05) is 18.4 Å². The Balaban J connectivity index is 2.71. The van der Waals surface area contributed by atoms with Crippen molar-refractivity contribution in [2.24, 2.45) is 0 Å². The first-order chi connectivity index (χ1) is 8.13. The van der Waals surface area contributed by atoms with Crippen molar-refractivity contribution in [1.82, 2.24) is 0 Å². The highest BCUT2D eigenvalue weighted by molar-refractivity contribution is 5.50. The van der Waals surface area contributed by atoms with Crippen LogP contribution in [0.5, 0.6) is 5.75 Å². The summed E-state index contributed by atoms with van der Waals surface area (Å²) in [7, 11) is 1.63. The predicted molar refractivity (Wildman–Crippen MR) is 68.6 cm³/mol. The zero-order valence-electron chi connectivity index (χ0n) is 10.7. The van der Waals surface area contributed by atoms with Crippen LogP contribution in [0.15, 0.2) is 24.3 Å². The van der Waals surface area contributed by atoms with Crippen LogP contribution in [0.2, 0.25) is 0 Å². The number of methoxy groups -OCH3 is 1. The molecule has 1 atom stereocenters. The van der Waals surface area contributed by atoms with E-state index in [0.29, 0.717) is 13.2 Å². The van der Waals surface area contributed by atoms with Gasteiger partial charge in [-0.05, 0) is 26.0 Å². The van der Waals surface area contributed by atoms with Gasteiger partial charge < -0.3 is 19.9 Å². The molecule has 0 saturated carbocycles. The number of ether oxygens (including phenoxy) is 2. The quantitative estimate of drug-likeness (QED) is 0.763. The fraction of sp³-hybridized carbons (Fsp3) is 0.538. The minimum atomic E-state index is -0.484. The van der Waals surface area contributed by atoms with Crippen LogP contribution in [0.3, 0.4) is 0 Å². The van der Waals surface area contributed by atoms with E-state index in [2.05, 4.69) is 5.32 Å². The lowest BCUT2D eigenvalue weighted by Crippen LogP contribution is -2.43. The van der Waals surface area contributed by atoms with E-state index in [4.69, 9.17) is 9.47 Å². The Labute approximate surface area is 103 Å². The molecule has 2 N–H and O–H groups in total. The van der Waals surface area contributed by atoms with Crippen LogP contribution in [-0.2, 0) is 4.74 Å². The number of aliphatic hydroxyl groups excluding tert-OH is 1. The minimum absolute atomic E-state index is 0.00418. The van der Waals surface area contributed by atoms with Gasteiger partial charge in [-0.3, -0.25) is 0 Å². The highest BCUT2D eigenvalue weighted by atomic mass is 16.5. The molecule has 96 valence electrons. The summed E-state index contributed by atoms with van der Waals surface area (Å²) in [6, 6.07) is 7.60. The Morgan fingerprint density at radius 1 is 1.41 bits per heavy atom. The van der Waals surface area contributed by atoms with Crippen molar-refractivity contribution < 1.29 is 14.6 Å². The van der Waals surface area contributed by atoms with Gasteiger partial charge in [0.1, 0.15) is 5.75 Å². The molecule has 0 radical (unpaired) electrons. The summed E-state index contributed by atoms with van der Waals surface area (Å²) in [6.07, 6.45) is 0. The maximum atomic E-state index is 9.43. The van der Waals surface area contributed by atoms with E-state index in [1.165, 1.54) is 0 Å². The van der Waals surface area contributed by atoms with Crippen LogP contribution in [0.1, 0.15) is 13.8 Å². The number of hydrogen-bond donors (Lipinski definition) is 2. The Bertz CT molecular complexity index is 343. The van der Waals surface area contributed by atoms with Crippen molar-refractivity contribution in [3.05, 3.63) is 24.3 Å². The molecule has 1 unspecified atom stereocenters. The summed E-state index contributed by atoms with van der Waals surface area (Å²) >= 11 is 0. The van der Waals surface area contributed by atoms with Gasteiger partial charge in [0.05, 0.1) is 25.9 Å². The Morgan fingerprint density at radius 2 is 2.18 bits per heavy atom. The van der Waals surface area contributed by atoms with E-state index in [9.17, 15) is 5.11 Å². The average molecular weight is 239 g/mol. The fourth-order valence-electron chi connectivity index (χ4n) is 1.50. The van der Waals surface area contributed by atoms with Crippen molar-refractivity contribution in [2.45, 2.75) is 19.4 Å². The lowest BCUT2D eigenvalue weighted by Gasteiger charge is -2.29. The molecular formula is C13H21NO3. The van der Waals surface area contributed by atoms with Crippen molar-refractivity contribution in [3.8, 4) is 5.75 Å². The number of anilines is 1. The van der Waals surface area contributed by atoms with E-state index < -0.39 is 5.54 Å². The third-order valence-corrected chi connectivity index (χ3v) is 2.49. The Kier molecular flexibility index (Phi) is 5.25. The van der Waals surface area contributed by atoms with Gasteiger partial charge in [-0.15, -0.1) is 0 Å². The van der Waals surface area contributed by atoms with Crippen molar-refractivity contribution in [2.75, 3.05) is 32.2 Å². The lowest BCUT2D eigenvalue weighted by atomic mass is 10.0. The Morgan fingerprint density at radius 3 is 2.76 bits per heavy atom. The normalized spacial score (nSPS) is 14.1. The van der Waals surface area contributed by atoms with Gasteiger partial charge in [-0.1, -0.05) is 6.07 Å². The summed E-state index contributed by atoms with van der Waals surface area (Å²) in [4.78, 5) is 0. The van der Waals surface area contributed by atoms with Crippen LogP contribution >= 0.6 is 0 Å². The predicted octanol–water partition coefficient (Wildman–Crippen LogP) is 1.89. The summed E-state index contributed by atoms with van der Waals surface area (Å²) in [5, 5.41) is 12.7. The topological polar surface area (TPSA) is 50.7 Å².